The first-order chi connectivity index (χ1) is 21.7. The van der Waals surface area contributed by atoms with Crippen LogP contribution in [-0.2, 0) is 11.2 Å². The Morgan fingerprint density at radius 1 is 1.04 bits per heavy atom. The third-order valence-electron chi connectivity index (χ3n) is 8.95. The van der Waals surface area contributed by atoms with Crippen LogP contribution in [0.3, 0.4) is 0 Å². The molecule has 3 aromatic rings. The molecule has 5 amide bonds. The number of carbonyl (C=O) groups is 3. The largest absolute Gasteiger partial charge is 0.488 e. The van der Waals surface area contributed by atoms with Gasteiger partial charge in [-0.15, -0.1) is 0 Å². The van der Waals surface area contributed by atoms with E-state index in [1.807, 2.05) is 56.3 Å². The van der Waals surface area contributed by atoms with Gasteiger partial charge >= 0.3 is 12.1 Å². The number of fused-ring (bicyclic) bond motifs is 2. The van der Waals surface area contributed by atoms with Gasteiger partial charge in [0.05, 0.1) is 31.3 Å². The lowest BCUT2D eigenvalue weighted by molar-refractivity contribution is -0.134. The first-order valence-electron chi connectivity index (χ1n) is 16.0. The van der Waals surface area contributed by atoms with E-state index in [1.165, 1.54) is 6.42 Å². The fraction of sp³-hybridized carbons (Fsp3) is 0.457. The Labute approximate surface area is 265 Å². The lowest BCUT2D eigenvalue weighted by Gasteiger charge is -2.34. The van der Waals surface area contributed by atoms with Crippen LogP contribution in [0.25, 0.3) is 10.8 Å². The number of rotatable bonds is 7. The minimum Gasteiger partial charge on any atom is -0.488 e. The number of aliphatic hydroxyl groups is 1. The molecule has 5 rings (SSSR count). The van der Waals surface area contributed by atoms with E-state index in [0.29, 0.717) is 23.5 Å². The number of carbonyl (C=O) groups excluding carboxylic acids is 3. The second-order valence-corrected chi connectivity index (χ2v) is 12.5. The van der Waals surface area contributed by atoms with E-state index in [-0.39, 0.29) is 49.5 Å². The molecule has 0 aromatic heterocycles. The fourth-order valence-corrected chi connectivity index (χ4v) is 6.22. The van der Waals surface area contributed by atoms with Gasteiger partial charge in [-0.2, -0.15) is 0 Å². The first-order valence-corrected chi connectivity index (χ1v) is 16.0. The van der Waals surface area contributed by atoms with Crippen LogP contribution in [-0.4, -0.2) is 77.8 Å². The van der Waals surface area contributed by atoms with Gasteiger partial charge in [0.25, 0.3) is 0 Å². The van der Waals surface area contributed by atoms with Crippen molar-refractivity contribution in [3.8, 4) is 5.75 Å². The topological polar surface area (TPSA) is 123 Å². The molecule has 4 N–H and O–H groups in total. The van der Waals surface area contributed by atoms with Crippen molar-refractivity contribution in [2.45, 2.75) is 70.6 Å². The summed E-state index contributed by atoms with van der Waals surface area (Å²) in [5, 5.41) is 21.0. The Hall–Kier alpha value is -4.31. The number of ether oxygens (including phenoxy) is 1. The minimum absolute atomic E-state index is 0.0519. The van der Waals surface area contributed by atoms with E-state index in [1.54, 1.807) is 35.0 Å². The summed E-state index contributed by atoms with van der Waals surface area (Å²) < 4.78 is 6.57. The SMILES string of the molecule is C[C@@H]1CN([C@H](C)CO)C(=O)Cc2cc(NC(=O)NC3CCCCC3)ccc2O[C@@H]1CN(C)C(=O)Nc1cccc2ccccc12. The number of likely N-dealkylation sites (N-methyl/N-ethyl adjacent to an activating group) is 1. The lowest BCUT2D eigenvalue weighted by Crippen LogP contribution is -2.48. The summed E-state index contributed by atoms with van der Waals surface area (Å²) in [5.74, 6) is 0.223. The normalized spacial score (nSPS) is 19.7. The highest BCUT2D eigenvalue weighted by molar-refractivity contribution is 6.01. The van der Waals surface area contributed by atoms with Crippen molar-refractivity contribution in [3.05, 3.63) is 66.2 Å². The van der Waals surface area contributed by atoms with Crippen molar-refractivity contribution in [3.63, 3.8) is 0 Å². The van der Waals surface area contributed by atoms with Crippen LogP contribution in [0.15, 0.2) is 60.7 Å². The molecule has 3 aromatic carbocycles. The summed E-state index contributed by atoms with van der Waals surface area (Å²) in [6.07, 6.45) is 4.99. The second kappa shape index (κ2) is 14.6. The maximum atomic E-state index is 13.6. The number of benzene rings is 3. The third kappa shape index (κ3) is 8.05. The van der Waals surface area contributed by atoms with Gasteiger partial charge in [-0.05, 0) is 49.4 Å². The Kier molecular flexibility index (Phi) is 10.4. The average molecular weight is 616 g/mol. The fourth-order valence-electron chi connectivity index (χ4n) is 6.22. The smallest absolute Gasteiger partial charge is 0.321 e. The van der Waals surface area contributed by atoms with Crippen LogP contribution in [0.5, 0.6) is 5.75 Å². The number of anilines is 2. The molecule has 0 spiro atoms. The van der Waals surface area contributed by atoms with Crippen molar-refractivity contribution in [2.75, 3.05) is 37.4 Å². The molecule has 2 aliphatic rings. The molecule has 1 fully saturated rings. The van der Waals surface area contributed by atoms with Gasteiger partial charge in [-0.1, -0.05) is 62.6 Å². The molecule has 0 unspecified atom stereocenters. The van der Waals surface area contributed by atoms with Crippen molar-refractivity contribution >= 4 is 40.1 Å². The molecule has 3 atom stereocenters. The molecule has 0 radical (unpaired) electrons. The molecule has 10 heteroatoms. The number of amides is 5. The molecule has 1 heterocycles. The van der Waals surface area contributed by atoms with Crippen molar-refractivity contribution in [2.24, 2.45) is 5.92 Å². The third-order valence-corrected chi connectivity index (χ3v) is 8.95. The van der Waals surface area contributed by atoms with Gasteiger partial charge < -0.3 is 35.6 Å². The quantitative estimate of drug-likeness (QED) is 0.275. The van der Waals surface area contributed by atoms with Gasteiger partial charge in [-0.25, -0.2) is 9.59 Å². The first kappa shape index (κ1) is 32.1. The number of hydrogen-bond donors (Lipinski definition) is 4. The van der Waals surface area contributed by atoms with Crippen LogP contribution >= 0.6 is 0 Å². The van der Waals surface area contributed by atoms with Crippen LogP contribution < -0.4 is 20.7 Å². The molecular weight excluding hydrogens is 570 g/mol. The lowest BCUT2D eigenvalue weighted by atomic mass is 9.96. The van der Waals surface area contributed by atoms with Crippen molar-refractivity contribution in [1.29, 1.82) is 0 Å². The number of nitrogens with zero attached hydrogens (tertiary/aromatic N) is 2. The highest BCUT2D eigenvalue weighted by Crippen LogP contribution is 2.30. The van der Waals surface area contributed by atoms with E-state index >= 15 is 0 Å². The van der Waals surface area contributed by atoms with Gasteiger partial charge in [0.15, 0.2) is 0 Å². The van der Waals surface area contributed by atoms with Crippen LogP contribution in [0, 0.1) is 5.92 Å². The zero-order valence-corrected chi connectivity index (χ0v) is 26.4. The van der Waals surface area contributed by atoms with E-state index < -0.39 is 12.1 Å². The number of aliphatic hydroxyl groups excluding tert-OH is 1. The Balaban J connectivity index is 1.34. The summed E-state index contributed by atoms with van der Waals surface area (Å²) >= 11 is 0. The highest BCUT2D eigenvalue weighted by atomic mass is 16.5. The molecule has 45 heavy (non-hydrogen) atoms. The summed E-state index contributed by atoms with van der Waals surface area (Å²) in [7, 11) is 1.72. The molecule has 1 aliphatic carbocycles. The van der Waals surface area contributed by atoms with Gasteiger partial charge in [0, 0.05) is 42.2 Å². The number of urea groups is 2. The van der Waals surface area contributed by atoms with Crippen molar-refractivity contribution < 1.29 is 24.2 Å². The predicted octanol–water partition coefficient (Wildman–Crippen LogP) is 5.61. The summed E-state index contributed by atoms with van der Waals surface area (Å²) in [4.78, 5) is 43.0. The van der Waals surface area contributed by atoms with Crippen LogP contribution in [0.1, 0.15) is 51.5 Å². The molecule has 1 aliphatic heterocycles. The van der Waals surface area contributed by atoms with E-state index in [4.69, 9.17) is 4.74 Å². The number of hydrogen-bond acceptors (Lipinski definition) is 5. The Bertz CT molecular complexity index is 1500. The Morgan fingerprint density at radius 3 is 2.58 bits per heavy atom. The summed E-state index contributed by atoms with van der Waals surface area (Å²) in [6, 6.07) is 18.2. The Morgan fingerprint density at radius 2 is 1.80 bits per heavy atom. The monoisotopic (exact) mass is 615 g/mol. The van der Waals surface area contributed by atoms with E-state index in [9.17, 15) is 19.5 Å². The van der Waals surface area contributed by atoms with Gasteiger partial charge in [0.1, 0.15) is 11.9 Å². The zero-order chi connectivity index (χ0) is 31.9. The standard InChI is InChI=1S/C35H45N5O5/c1-23-20-40(24(2)22-41)33(42)19-26-18-28(37-34(43)36-27-12-5-4-6-13-27)16-17-31(26)45-32(23)21-39(3)35(44)38-30-15-9-11-25-10-7-8-14-29(25)30/h7-11,14-18,23-24,27,32,41H,4-6,12-13,19-22H2,1-3H3,(H,38,44)(H2,36,37,43)/t23-,24-,32-/m1/s1. The van der Waals surface area contributed by atoms with E-state index in [2.05, 4.69) is 16.0 Å². The maximum absolute atomic E-state index is 13.6. The molecule has 0 saturated heterocycles. The minimum atomic E-state index is -0.459. The number of nitrogens with one attached hydrogen (secondary N) is 3. The van der Waals surface area contributed by atoms with Crippen LogP contribution in [0.2, 0.25) is 0 Å². The average Bonchev–Trinajstić information content (AvgIpc) is 3.08. The molecule has 0 bridgehead atoms. The predicted molar refractivity (Wildman–Crippen MR) is 177 cm³/mol. The summed E-state index contributed by atoms with van der Waals surface area (Å²) in [5.41, 5.74) is 1.92. The van der Waals surface area contributed by atoms with Crippen molar-refractivity contribution in [1.82, 2.24) is 15.1 Å². The van der Waals surface area contributed by atoms with Gasteiger partial charge in [-0.3, -0.25) is 4.79 Å². The maximum Gasteiger partial charge on any atom is 0.321 e. The second-order valence-electron chi connectivity index (χ2n) is 12.5. The molecule has 240 valence electrons. The highest BCUT2D eigenvalue weighted by Gasteiger charge is 2.32. The van der Waals surface area contributed by atoms with Crippen LogP contribution in [0.4, 0.5) is 21.0 Å². The summed E-state index contributed by atoms with van der Waals surface area (Å²) in [6.45, 7) is 4.25. The van der Waals surface area contributed by atoms with E-state index in [0.717, 1.165) is 42.1 Å². The molecule has 10 nitrogen and oxygen atoms in total. The molecular formula is C35H45N5O5. The molecule has 1 saturated carbocycles. The zero-order valence-electron chi connectivity index (χ0n) is 26.4. The van der Waals surface area contributed by atoms with Gasteiger partial charge in [0.2, 0.25) is 5.91 Å².